The highest BCUT2D eigenvalue weighted by Gasteiger charge is 2.43. The molecule has 29 heavy (non-hydrogen) atoms. The van der Waals surface area contributed by atoms with E-state index >= 15 is 0 Å². The molecule has 0 aromatic heterocycles. The molecule has 0 saturated carbocycles. The molecule has 2 fully saturated rings. The van der Waals surface area contributed by atoms with Crippen molar-refractivity contribution in [3.05, 3.63) is 30.3 Å². The largest absolute Gasteiger partial charge is 0.344 e. The summed E-state index contributed by atoms with van der Waals surface area (Å²) in [6.45, 7) is 3.32. The van der Waals surface area contributed by atoms with Crippen molar-refractivity contribution in [3.63, 3.8) is 0 Å². The van der Waals surface area contributed by atoms with Crippen LogP contribution in [-0.4, -0.2) is 73.7 Å². The van der Waals surface area contributed by atoms with Crippen LogP contribution in [0.4, 0.5) is 5.69 Å². The number of rotatable bonds is 4. The Kier molecular flexibility index (Phi) is 5.30. The molecule has 2 N–H and O–H groups in total. The Morgan fingerprint density at radius 3 is 2.55 bits per heavy atom. The molecule has 3 atom stereocenters. The first kappa shape index (κ1) is 19.8. The van der Waals surface area contributed by atoms with Crippen LogP contribution in [0, 0.1) is 0 Å². The number of hydrogen-bond donors (Lipinski definition) is 2. The Morgan fingerprint density at radius 2 is 1.86 bits per heavy atom. The normalized spacial score (nSPS) is 29.4. The van der Waals surface area contributed by atoms with Gasteiger partial charge in [-0.05, 0) is 45.0 Å². The monoisotopic (exact) mass is 419 g/mol. The summed E-state index contributed by atoms with van der Waals surface area (Å²) in [7, 11) is -3.21. The second kappa shape index (κ2) is 7.75. The topological polar surface area (TPSA) is 111 Å². The second-order valence-corrected chi connectivity index (χ2v) is 9.90. The van der Waals surface area contributed by atoms with Gasteiger partial charge in [-0.25, -0.2) is 18.4 Å². The van der Waals surface area contributed by atoms with E-state index in [-0.39, 0.29) is 29.3 Å². The van der Waals surface area contributed by atoms with Gasteiger partial charge in [-0.3, -0.25) is 19.9 Å². The number of hydrogen-bond acceptors (Lipinski definition) is 7. The lowest BCUT2D eigenvalue weighted by Gasteiger charge is -2.32. The van der Waals surface area contributed by atoms with Crippen LogP contribution in [0.15, 0.2) is 35.3 Å². The van der Waals surface area contributed by atoms with Crippen LogP contribution in [0.25, 0.3) is 0 Å². The number of hydrazine groups is 1. The number of aliphatic imine (C=N–C) groups is 1. The summed E-state index contributed by atoms with van der Waals surface area (Å²) >= 11 is 0. The average Bonchev–Trinajstić information content (AvgIpc) is 3.32. The van der Waals surface area contributed by atoms with Crippen molar-refractivity contribution in [3.8, 4) is 0 Å². The molecule has 0 aliphatic carbocycles. The highest BCUT2D eigenvalue weighted by molar-refractivity contribution is 7.91. The van der Waals surface area contributed by atoms with Crippen LogP contribution in [0.2, 0.25) is 0 Å². The van der Waals surface area contributed by atoms with Crippen molar-refractivity contribution >= 4 is 33.2 Å². The van der Waals surface area contributed by atoms with Gasteiger partial charge in [0.25, 0.3) is 11.8 Å². The number of anilines is 1. The zero-order valence-electron chi connectivity index (χ0n) is 16.2. The standard InChI is InChI=1S/C19H25N5O4S/c1-13-19(26)24(14-7-3-2-4-8-14)22-17(20-13)18(25)21-15-11-29(27,28)12-16(15)23-9-5-6-10-23/h2-4,7-8,13,15-16H,5-6,9-12H2,1H3,(H,20,22)(H,21,25). The minimum absolute atomic E-state index is 0.00502. The van der Waals surface area contributed by atoms with Crippen LogP contribution in [-0.2, 0) is 19.4 Å². The van der Waals surface area contributed by atoms with Crippen LogP contribution < -0.4 is 15.8 Å². The number of amidine groups is 1. The molecule has 0 bridgehead atoms. The Labute approximate surface area is 170 Å². The van der Waals surface area contributed by atoms with Gasteiger partial charge in [0.1, 0.15) is 6.04 Å². The number of carbonyl (C=O) groups is 2. The summed E-state index contributed by atoms with van der Waals surface area (Å²) in [6, 6.07) is 7.50. The molecule has 1 aromatic carbocycles. The highest BCUT2D eigenvalue weighted by atomic mass is 32.2. The molecule has 1 aromatic rings. The predicted octanol–water partition coefficient (Wildman–Crippen LogP) is -0.298. The van der Waals surface area contributed by atoms with E-state index in [0.717, 1.165) is 25.9 Å². The number of para-hydroxylation sites is 1. The summed E-state index contributed by atoms with van der Waals surface area (Å²) in [5.41, 5.74) is 3.39. The zero-order chi connectivity index (χ0) is 20.6. The molecule has 2 amide bonds. The second-order valence-electron chi connectivity index (χ2n) is 7.74. The summed E-state index contributed by atoms with van der Waals surface area (Å²) in [5, 5.41) is 4.15. The number of amides is 2. The number of nitrogens with one attached hydrogen (secondary N) is 2. The van der Waals surface area contributed by atoms with E-state index in [4.69, 9.17) is 0 Å². The third-order valence-electron chi connectivity index (χ3n) is 5.60. The maximum Gasteiger partial charge on any atom is 0.288 e. The van der Waals surface area contributed by atoms with Crippen LogP contribution in [0.5, 0.6) is 0 Å². The molecular weight excluding hydrogens is 394 g/mol. The lowest BCUT2D eigenvalue weighted by Crippen LogP contribution is -2.60. The smallest absolute Gasteiger partial charge is 0.288 e. The van der Waals surface area contributed by atoms with Crippen molar-refractivity contribution < 1.29 is 18.0 Å². The lowest BCUT2D eigenvalue weighted by atomic mass is 10.1. The molecule has 156 valence electrons. The molecule has 3 unspecified atom stereocenters. The van der Waals surface area contributed by atoms with E-state index in [1.54, 1.807) is 31.2 Å². The maximum absolute atomic E-state index is 12.9. The number of carbonyl (C=O) groups excluding carboxylic acids is 2. The third kappa shape index (κ3) is 4.13. The van der Waals surface area contributed by atoms with Crippen molar-refractivity contribution in [2.24, 2.45) is 4.99 Å². The first-order valence-corrected chi connectivity index (χ1v) is 11.6. The fourth-order valence-electron chi connectivity index (χ4n) is 4.14. The van der Waals surface area contributed by atoms with Gasteiger partial charge in [-0.2, -0.15) is 0 Å². The van der Waals surface area contributed by atoms with Crippen LogP contribution in [0.3, 0.4) is 0 Å². The van der Waals surface area contributed by atoms with Gasteiger partial charge in [0.05, 0.1) is 23.2 Å². The molecule has 0 radical (unpaired) electrons. The van der Waals surface area contributed by atoms with Crippen molar-refractivity contribution in [1.29, 1.82) is 0 Å². The summed E-state index contributed by atoms with van der Waals surface area (Å²) < 4.78 is 24.4. The fraction of sp³-hybridized carbons (Fsp3) is 0.526. The molecule has 3 aliphatic rings. The van der Waals surface area contributed by atoms with E-state index in [1.807, 2.05) is 6.07 Å². The molecule has 9 nitrogen and oxygen atoms in total. The average molecular weight is 420 g/mol. The van der Waals surface area contributed by atoms with E-state index in [2.05, 4.69) is 20.6 Å². The van der Waals surface area contributed by atoms with Gasteiger partial charge < -0.3 is 5.32 Å². The number of likely N-dealkylation sites (tertiary alicyclic amines) is 1. The Bertz CT molecular complexity index is 927. The van der Waals surface area contributed by atoms with E-state index in [0.29, 0.717) is 5.69 Å². The lowest BCUT2D eigenvalue weighted by molar-refractivity contribution is -0.120. The maximum atomic E-state index is 12.9. The minimum Gasteiger partial charge on any atom is -0.344 e. The van der Waals surface area contributed by atoms with Crippen molar-refractivity contribution in [1.82, 2.24) is 15.6 Å². The van der Waals surface area contributed by atoms with E-state index in [9.17, 15) is 18.0 Å². The Hall–Kier alpha value is -2.46. The first-order chi connectivity index (χ1) is 13.8. The number of sulfone groups is 1. The number of benzene rings is 1. The quantitative estimate of drug-likeness (QED) is 0.693. The predicted molar refractivity (Wildman–Crippen MR) is 109 cm³/mol. The van der Waals surface area contributed by atoms with Crippen LogP contribution >= 0.6 is 0 Å². The van der Waals surface area contributed by atoms with Crippen LogP contribution in [0.1, 0.15) is 19.8 Å². The van der Waals surface area contributed by atoms with Gasteiger partial charge in [-0.15, -0.1) is 0 Å². The summed E-state index contributed by atoms with van der Waals surface area (Å²) in [4.78, 5) is 31.7. The zero-order valence-corrected chi connectivity index (χ0v) is 17.1. The SMILES string of the molecule is CC1N=C(C(=O)NC2CS(=O)(=O)CC2N2CCCC2)NN(c2ccccc2)C1=O. The molecule has 4 rings (SSSR count). The van der Waals surface area contributed by atoms with Gasteiger partial charge in [0, 0.05) is 6.04 Å². The van der Waals surface area contributed by atoms with Gasteiger partial charge in [0.15, 0.2) is 9.84 Å². The minimum atomic E-state index is -3.21. The molecule has 10 heteroatoms. The van der Waals surface area contributed by atoms with Gasteiger partial charge in [-0.1, -0.05) is 18.2 Å². The molecule has 3 aliphatic heterocycles. The van der Waals surface area contributed by atoms with Gasteiger partial charge >= 0.3 is 0 Å². The molecule has 3 heterocycles. The Balaban J connectivity index is 1.51. The fourth-order valence-corrected chi connectivity index (χ4v) is 6.09. The van der Waals surface area contributed by atoms with Gasteiger partial charge in [0.2, 0.25) is 5.84 Å². The highest BCUT2D eigenvalue weighted by Crippen LogP contribution is 2.23. The van der Waals surface area contributed by atoms with E-state index < -0.39 is 27.8 Å². The van der Waals surface area contributed by atoms with Crippen molar-refractivity contribution in [2.75, 3.05) is 29.6 Å². The Morgan fingerprint density at radius 1 is 1.17 bits per heavy atom. The molecule has 0 spiro atoms. The molecular formula is C19H25N5O4S. The molecule has 2 saturated heterocycles. The summed E-state index contributed by atoms with van der Waals surface area (Å²) in [6.07, 6.45) is 2.08. The number of nitrogens with zero attached hydrogens (tertiary/aromatic N) is 3. The van der Waals surface area contributed by atoms with E-state index in [1.165, 1.54) is 5.01 Å². The van der Waals surface area contributed by atoms with Crippen molar-refractivity contribution in [2.45, 2.75) is 37.9 Å². The first-order valence-electron chi connectivity index (χ1n) is 9.83. The third-order valence-corrected chi connectivity index (χ3v) is 7.31. The summed E-state index contributed by atoms with van der Waals surface area (Å²) in [5.74, 6) is -0.791.